The molecular weight excluding hydrogens is 312 g/mol. The predicted molar refractivity (Wildman–Crippen MR) is 101 cm³/mol. The van der Waals surface area contributed by atoms with Gasteiger partial charge in [0.15, 0.2) is 0 Å². The van der Waals surface area contributed by atoms with Crippen molar-refractivity contribution >= 4 is 16.8 Å². The van der Waals surface area contributed by atoms with E-state index in [4.69, 9.17) is 12.2 Å². The average Bonchev–Trinajstić information content (AvgIpc) is 2.87. The summed E-state index contributed by atoms with van der Waals surface area (Å²) in [5.74, 6) is 2.41. The normalized spacial score (nSPS) is 16.2. The zero-order valence-electron chi connectivity index (χ0n) is 14.9. The Kier molecular flexibility index (Phi) is 5.42. The Morgan fingerprint density at radius 3 is 2.56 bits per heavy atom. The molecule has 5 heteroatoms. The summed E-state index contributed by atoms with van der Waals surface area (Å²) in [4.78, 5) is 16.4. The van der Waals surface area contributed by atoms with Crippen LogP contribution in [0.1, 0.15) is 17.7 Å². The van der Waals surface area contributed by atoms with E-state index in [1.54, 1.807) is 0 Å². The Morgan fingerprint density at radius 2 is 1.88 bits per heavy atom. The van der Waals surface area contributed by atoms with Crippen LogP contribution in [0.15, 0.2) is 24.3 Å². The highest BCUT2D eigenvalue weighted by atomic mass is 16.1. The van der Waals surface area contributed by atoms with Crippen molar-refractivity contribution in [2.24, 2.45) is 5.73 Å². The molecule has 0 aliphatic carbocycles. The monoisotopic (exact) mass is 338 g/mol. The zero-order valence-corrected chi connectivity index (χ0v) is 14.9. The molecule has 0 bridgehead atoms. The summed E-state index contributed by atoms with van der Waals surface area (Å²) < 4.78 is 2.04. The quantitative estimate of drug-likeness (QED) is 0.814. The molecule has 0 radical (unpaired) electrons. The molecule has 1 aliphatic heterocycles. The third kappa shape index (κ3) is 3.87. The zero-order chi connectivity index (χ0) is 17.8. The summed E-state index contributed by atoms with van der Waals surface area (Å²) in [7, 11) is 0. The maximum Gasteiger partial charge on any atom is 0.237 e. The summed E-state index contributed by atoms with van der Waals surface area (Å²) in [5, 5.41) is 1.22. The molecule has 2 heterocycles. The second-order valence-electron chi connectivity index (χ2n) is 6.71. The number of aromatic nitrogens is 1. The van der Waals surface area contributed by atoms with Crippen LogP contribution in [0.25, 0.3) is 10.9 Å². The maximum absolute atomic E-state index is 11.5. The Labute approximate surface area is 149 Å². The van der Waals surface area contributed by atoms with Gasteiger partial charge < -0.3 is 10.3 Å². The predicted octanol–water partition coefficient (Wildman–Crippen LogP) is 1.58. The number of terminal acetylenes is 1. The number of carbonyl (C=O) groups excluding carboxylic acids is 1. The second-order valence-corrected chi connectivity index (χ2v) is 6.71. The van der Waals surface area contributed by atoms with Crippen LogP contribution in [-0.2, 0) is 17.9 Å². The number of rotatable bonds is 6. The lowest BCUT2D eigenvalue weighted by atomic mass is 10.1. The molecule has 0 unspecified atom stereocenters. The van der Waals surface area contributed by atoms with Gasteiger partial charge in [0.1, 0.15) is 6.54 Å². The van der Waals surface area contributed by atoms with E-state index in [1.165, 1.54) is 10.9 Å². The topological polar surface area (TPSA) is 54.5 Å². The first kappa shape index (κ1) is 17.5. The van der Waals surface area contributed by atoms with Gasteiger partial charge in [-0.3, -0.25) is 14.6 Å². The fourth-order valence-electron chi connectivity index (χ4n) is 3.68. The number of benzene rings is 1. The molecular formula is C20H26N4O. The van der Waals surface area contributed by atoms with Crippen LogP contribution < -0.4 is 5.73 Å². The summed E-state index contributed by atoms with van der Waals surface area (Å²) in [6, 6.07) is 8.26. The molecule has 0 spiro atoms. The van der Waals surface area contributed by atoms with Gasteiger partial charge in [-0.25, -0.2) is 0 Å². The van der Waals surface area contributed by atoms with Gasteiger partial charge in [0.25, 0.3) is 0 Å². The minimum atomic E-state index is -0.308. The summed E-state index contributed by atoms with van der Waals surface area (Å²) in [6.45, 7) is 8.40. The average molecular weight is 338 g/mol. The van der Waals surface area contributed by atoms with Crippen LogP contribution in [0.3, 0.4) is 0 Å². The van der Waals surface area contributed by atoms with Crippen LogP contribution >= 0.6 is 0 Å². The molecule has 2 aromatic rings. The number of hydrogen-bond acceptors (Lipinski definition) is 3. The van der Waals surface area contributed by atoms with Crippen molar-refractivity contribution in [1.29, 1.82) is 0 Å². The van der Waals surface area contributed by atoms with Crippen LogP contribution in [0, 0.1) is 19.3 Å². The van der Waals surface area contributed by atoms with E-state index in [-0.39, 0.29) is 12.5 Å². The number of amides is 1. The van der Waals surface area contributed by atoms with E-state index in [2.05, 4.69) is 40.8 Å². The summed E-state index contributed by atoms with van der Waals surface area (Å²) in [6.07, 6.45) is 6.18. The molecule has 1 aliphatic rings. The Bertz CT molecular complexity index is 794. The van der Waals surface area contributed by atoms with Crippen LogP contribution in [-0.4, -0.2) is 53.0 Å². The highest BCUT2D eigenvalue weighted by molar-refractivity contribution is 5.87. The third-order valence-corrected chi connectivity index (χ3v) is 5.09. The molecule has 1 amide bonds. The van der Waals surface area contributed by atoms with Crippen LogP contribution in [0.4, 0.5) is 0 Å². The second kappa shape index (κ2) is 7.73. The first-order chi connectivity index (χ1) is 12.1. The van der Waals surface area contributed by atoms with Crippen molar-refractivity contribution in [3.8, 4) is 12.3 Å². The molecule has 132 valence electrons. The number of piperazine rings is 1. The Hall–Kier alpha value is -2.29. The molecule has 2 N–H and O–H groups in total. The van der Waals surface area contributed by atoms with Crippen molar-refractivity contribution < 1.29 is 4.79 Å². The molecule has 25 heavy (non-hydrogen) atoms. The van der Waals surface area contributed by atoms with Gasteiger partial charge in [0.2, 0.25) is 5.91 Å². The number of para-hydroxylation sites is 1. The molecule has 0 atom stereocenters. The fourth-order valence-corrected chi connectivity index (χ4v) is 3.68. The summed E-state index contributed by atoms with van der Waals surface area (Å²) >= 11 is 0. The number of carbonyl (C=O) groups is 1. The largest absolute Gasteiger partial charge is 0.368 e. The fraction of sp³-hybridized carbons (Fsp3) is 0.450. The van der Waals surface area contributed by atoms with Crippen molar-refractivity contribution in [1.82, 2.24) is 14.4 Å². The number of nitrogens with zero attached hydrogens (tertiary/aromatic N) is 3. The van der Waals surface area contributed by atoms with E-state index < -0.39 is 0 Å². The SMILES string of the molecule is C#CCCN1CCN(Cc2c(C)n(CC(N)=O)c3ccccc23)CC1. The van der Waals surface area contributed by atoms with E-state index in [1.807, 2.05) is 10.6 Å². The first-order valence-corrected chi connectivity index (χ1v) is 8.83. The molecule has 1 aromatic heterocycles. The van der Waals surface area contributed by atoms with Gasteiger partial charge in [0, 0.05) is 62.3 Å². The van der Waals surface area contributed by atoms with Gasteiger partial charge >= 0.3 is 0 Å². The van der Waals surface area contributed by atoms with Crippen LogP contribution in [0.2, 0.25) is 0 Å². The van der Waals surface area contributed by atoms with E-state index in [0.717, 1.165) is 56.9 Å². The Morgan fingerprint density at radius 1 is 1.20 bits per heavy atom. The van der Waals surface area contributed by atoms with Gasteiger partial charge in [0.05, 0.1) is 0 Å². The lowest BCUT2D eigenvalue weighted by Crippen LogP contribution is -2.46. The number of fused-ring (bicyclic) bond motifs is 1. The third-order valence-electron chi connectivity index (χ3n) is 5.09. The van der Waals surface area contributed by atoms with Crippen molar-refractivity contribution in [2.75, 3.05) is 32.7 Å². The van der Waals surface area contributed by atoms with Gasteiger partial charge in [-0.1, -0.05) is 18.2 Å². The molecule has 1 fully saturated rings. The van der Waals surface area contributed by atoms with Crippen molar-refractivity contribution in [3.63, 3.8) is 0 Å². The van der Waals surface area contributed by atoms with Crippen molar-refractivity contribution in [3.05, 3.63) is 35.5 Å². The maximum atomic E-state index is 11.5. The lowest BCUT2D eigenvalue weighted by Gasteiger charge is -2.34. The molecule has 1 aromatic carbocycles. The molecule has 5 nitrogen and oxygen atoms in total. The van der Waals surface area contributed by atoms with Gasteiger partial charge in [-0.15, -0.1) is 12.3 Å². The molecule has 1 saturated heterocycles. The standard InChI is InChI=1S/C20H26N4O/c1-3-4-9-22-10-12-23(13-11-22)14-18-16(2)24(15-20(21)25)19-8-6-5-7-17(18)19/h1,5-8H,4,9-15H2,2H3,(H2,21,25). The number of primary amides is 1. The molecule has 3 rings (SSSR count). The lowest BCUT2D eigenvalue weighted by molar-refractivity contribution is -0.118. The van der Waals surface area contributed by atoms with Gasteiger partial charge in [-0.2, -0.15) is 0 Å². The minimum Gasteiger partial charge on any atom is -0.368 e. The van der Waals surface area contributed by atoms with E-state index in [0.29, 0.717) is 0 Å². The Balaban J connectivity index is 1.77. The highest BCUT2D eigenvalue weighted by Crippen LogP contribution is 2.27. The van der Waals surface area contributed by atoms with E-state index in [9.17, 15) is 4.79 Å². The highest BCUT2D eigenvalue weighted by Gasteiger charge is 2.20. The number of hydrogen-bond donors (Lipinski definition) is 1. The smallest absolute Gasteiger partial charge is 0.237 e. The van der Waals surface area contributed by atoms with Crippen LogP contribution in [0.5, 0.6) is 0 Å². The minimum absolute atomic E-state index is 0.228. The van der Waals surface area contributed by atoms with Gasteiger partial charge in [-0.05, 0) is 18.6 Å². The van der Waals surface area contributed by atoms with Crippen molar-refractivity contribution in [2.45, 2.75) is 26.4 Å². The number of nitrogens with two attached hydrogens (primary N) is 1. The molecule has 0 saturated carbocycles. The van der Waals surface area contributed by atoms with E-state index >= 15 is 0 Å². The first-order valence-electron chi connectivity index (χ1n) is 8.83. The summed E-state index contributed by atoms with van der Waals surface area (Å²) in [5.41, 5.74) is 8.96.